The van der Waals surface area contributed by atoms with Gasteiger partial charge in [-0.3, -0.25) is 9.59 Å². The van der Waals surface area contributed by atoms with Crippen LogP contribution in [0.1, 0.15) is 50.3 Å². The second kappa shape index (κ2) is 11.8. The summed E-state index contributed by atoms with van der Waals surface area (Å²) in [5.41, 5.74) is 3.12. The van der Waals surface area contributed by atoms with Gasteiger partial charge in [0.2, 0.25) is 11.8 Å². The van der Waals surface area contributed by atoms with Gasteiger partial charge in [0.05, 0.1) is 0 Å². The smallest absolute Gasteiger partial charge is 0.242 e. The SMILES string of the molecule is CC[C@@H](C(=O)NCC(C)C)N(Cc1ccc(C)cc1)C(=O)CCc1ccccc1Cl. The van der Waals surface area contributed by atoms with Crippen molar-refractivity contribution in [1.82, 2.24) is 10.2 Å². The average Bonchev–Trinajstić information content (AvgIpc) is 2.72. The van der Waals surface area contributed by atoms with E-state index in [1.165, 1.54) is 0 Å². The zero-order valence-corrected chi connectivity index (χ0v) is 19.2. The van der Waals surface area contributed by atoms with E-state index in [0.717, 1.165) is 16.7 Å². The molecular weight excluding hydrogens is 396 g/mol. The van der Waals surface area contributed by atoms with E-state index in [4.69, 9.17) is 11.6 Å². The number of halogens is 1. The molecular formula is C25H33ClN2O2. The van der Waals surface area contributed by atoms with Crippen molar-refractivity contribution in [1.29, 1.82) is 0 Å². The predicted molar refractivity (Wildman–Crippen MR) is 123 cm³/mol. The molecule has 30 heavy (non-hydrogen) atoms. The Morgan fingerprint density at radius 1 is 1.07 bits per heavy atom. The van der Waals surface area contributed by atoms with Crippen LogP contribution < -0.4 is 5.32 Å². The van der Waals surface area contributed by atoms with Crippen LogP contribution in [-0.2, 0) is 22.6 Å². The Morgan fingerprint density at radius 3 is 2.33 bits per heavy atom. The quantitative estimate of drug-likeness (QED) is 0.568. The van der Waals surface area contributed by atoms with Crippen LogP contribution in [0, 0.1) is 12.8 Å². The van der Waals surface area contributed by atoms with Gasteiger partial charge in [0.15, 0.2) is 0 Å². The van der Waals surface area contributed by atoms with Crippen LogP contribution in [0.2, 0.25) is 5.02 Å². The van der Waals surface area contributed by atoms with Gasteiger partial charge in [-0.1, -0.05) is 80.4 Å². The molecule has 0 aliphatic heterocycles. The maximum Gasteiger partial charge on any atom is 0.242 e. The summed E-state index contributed by atoms with van der Waals surface area (Å²) in [6, 6.07) is 15.2. The number of carbonyl (C=O) groups excluding carboxylic acids is 2. The van der Waals surface area contributed by atoms with Crippen molar-refractivity contribution in [2.75, 3.05) is 6.54 Å². The molecule has 0 fully saturated rings. The Bertz CT molecular complexity index is 833. The van der Waals surface area contributed by atoms with Gasteiger partial charge in [0.1, 0.15) is 6.04 Å². The lowest BCUT2D eigenvalue weighted by molar-refractivity contribution is -0.141. The molecule has 2 rings (SSSR count). The monoisotopic (exact) mass is 428 g/mol. The van der Waals surface area contributed by atoms with Crippen LogP contribution in [-0.4, -0.2) is 29.3 Å². The van der Waals surface area contributed by atoms with Crippen molar-refractivity contribution < 1.29 is 9.59 Å². The molecule has 1 N–H and O–H groups in total. The number of carbonyl (C=O) groups is 2. The minimum atomic E-state index is -0.496. The highest BCUT2D eigenvalue weighted by Crippen LogP contribution is 2.19. The predicted octanol–water partition coefficient (Wildman–Crippen LogP) is 5.16. The highest BCUT2D eigenvalue weighted by atomic mass is 35.5. The molecule has 0 unspecified atom stereocenters. The Balaban J connectivity index is 2.19. The third-order valence-corrected chi connectivity index (χ3v) is 5.48. The highest BCUT2D eigenvalue weighted by molar-refractivity contribution is 6.31. The first-order valence-electron chi connectivity index (χ1n) is 10.7. The number of hydrogen-bond acceptors (Lipinski definition) is 2. The molecule has 0 bridgehead atoms. The minimum absolute atomic E-state index is 0.0398. The summed E-state index contributed by atoms with van der Waals surface area (Å²) in [7, 11) is 0. The van der Waals surface area contributed by atoms with Gasteiger partial charge in [-0.15, -0.1) is 0 Å². The van der Waals surface area contributed by atoms with Crippen molar-refractivity contribution in [2.24, 2.45) is 5.92 Å². The summed E-state index contributed by atoms with van der Waals surface area (Å²) < 4.78 is 0. The fraction of sp³-hybridized carbons (Fsp3) is 0.440. The normalized spacial score (nSPS) is 11.9. The third kappa shape index (κ3) is 7.17. The van der Waals surface area contributed by atoms with E-state index in [9.17, 15) is 9.59 Å². The maximum atomic E-state index is 13.2. The molecule has 0 aliphatic rings. The van der Waals surface area contributed by atoms with E-state index < -0.39 is 6.04 Å². The molecule has 2 amide bonds. The van der Waals surface area contributed by atoms with Gasteiger partial charge < -0.3 is 10.2 Å². The topological polar surface area (TPSA) is 49.4 Å². The van der Waals surface area contributed by atoms with E-state index in [-0.39, 0.29) is 11.8 Å². The molecule has 2 aromatic rings. The third-order valence-electron chi connectivity index (χ3n) is 5.11. The summed E-state index contributed by atoms with van der Waals surface area (Å²) >= 11 is 6.25. The zero-order valence-electron chi connectivity index (χ0n) is 18.5. The largest absolute Gasteiger partial charge is 0.354 e. The maximum absolute atomic E-state index is 13.2. The van der Waals surface area contributed by atoms with Crippen molar-refractivity contribution in [3.8, 4) is 0 Å². The second-order valence-corrected chi connectivity index (χ2v) is 8.57. The molecule has 4 nitrogen and oxygen atoms in total. The van der Waals surface area contributed by atoms with Crippen molar-refractivity contribution >= 4 is 23.4 Å². The van der Waals surface area contributed by atoms with Gasteiger partial charge in [-0.05, 0) is 42.9 Å². The van der Waals surface area contributed by atoms with Gasteiger partial charge in [-0.25, -0.2) is 0 Å². The second-order valence-electron chi connectivity index (χ2n) is 8.16. The van der Waals surface area contributed by atoms with Crippen molar-refractivity contribution in [3.05, 3.63) is 70.2 Å². The van der Waals surface area contributed by atoms with Crippen LogP contribution >= 0.6 is 11.6 Å². The van der Waals surface area contributed by atoms with E-state index in [2.05, 4.69) is 19.2 Å². The van der Waals surface area contributed by atoms with E-state index in [0.29, 0.717) is 43.3 Å². The lowest BCUT2D eigenvalue weighted by Crippen LogP contribution is -2.49. The van der Waals surface area contributed by atoms with Gasteiger partial charge in [-0.2, -0.15) is 0 Å². The number of amides is 2. The Hall–Kier alpha value is -2.33. The number of nitrogens with one attached hydrogen (secondary N) is 1. The van der Waals surface area contributed by atoms with Crippen LogP contribution in [0.15, 0.2) is 48.5 Å². The fourth-order valence-electron chi connectivity index (χ4n) is 3.32. The summed E-state index contributed by atoms with van der Waals surface area (Å²) in [5.74, 6) is 0.222. The van der Waals surface area contributed by atoms with E-state index in [1.807, 2.05) is 62.4 Å². The summed E-state index contributed by atoms with van der Waals surface area (Å²) in [6.45, 7) is 9.10. The first-order valence-corrected chi connectivity index (χ1v) is 11.1. The molecule has 0 saturated heterocycles. The summed E-state index contributed by atoms with van der Waals surface area (Å²) in [6.07, 6.45) is 1.42. The molecule has 2 aromatic carbocycles. The number of rotatable bonds is 10. The Kier molecular flexibility index (Phi) is 9.38. The number of aryl methyl sites for hydroxylation is 2. The van der Waals surface area contributed by atoms with Crippen LogP contribution in [0.25, 0.3) is 0 Å². The zero-order chi connectivity index (χ0) is 22.1. The lowest BCUT2D eigenvalue weighted by atomic mass is 10.1. The molecule has 1 atom stereocenters. The molecule has 0 radical (unpaired) electrons. The molecule has 0 aliphatic carbocycles. The van der Waals surface area contributed by atoms with Crippen LogP contribution in [0.3, 0.4) is 0 Å². The summed E-state index contributed by atoms with van der Waals surface area (Å²) in [4.78, 5) is 27.8. The standard InChI is InChI=1S/C25H33ClN2O2/c1-5-23(25(30)27-16-18(2)3)28(17-20-12-10-19(4)11-13-20)24(29)15-14-21-8-6-7-9-22(21)26/h6-13,18,23H,5,14-17H2,1-4H3,(H,27,30)/t23-/m0/s1. The molecule has 0 spiro atoms. The first-order chi connectivity index (χ1) is 14.3. The van der Waals surface area contributed by atoms with Gasteiger partial charge in [0, 0.05) is 24.5 Å². The lowest BCUT2D eigenvalue weighted by Gasteiger charge is -2.31. The first kappa shape index (κ1) is 23.9. The number of nitrogens with zero attached hydrogens (tertiary/aromatic N) is 1. The highest BCUT2D eigenvalue weighted by Gasteiger charge is 2.28. The molecule has 0 heterocycles. The minimum Gasteiger partial charge on any atom is -0.354 e. The molecule has 0 saturated carbocycles. The van der Waals surface area contributed by atoms with Crippen molar-refractivity contribution in [3.63, 3.8) is 0 Å². The van der Waals surface area contributed by atoms with Crippen LogP contribution in [0.4, 0.5) is 0 Å². The van der Waals surface area contributed by atoms with Crippen LogP contribution in [0.5, 0.6) is 0 Å². The van der Waals surface area contributed by atoms with Crippen molar-refractivity contribution in [2.45, 2.75) is 59.5 Å². The Labute approximate surface area is 185 Å². The van der Waals surface area contributed by atoms with E-state index in [1.54, 1.807) is 4.90 Å². The van der Waals surface area contributed by atoms with Gasteiger partial charge in [0.25, 0.3) is 0 Å². The fourth-order valence-corrected chi connectivity index (χ4v) is 3.55. The molecule has 0 aromatic heterocycles. The average molecular weight is 429 g/mol. The number of benzene rings is 2. The van der Waals surface area contributed by atoms with Gasteiger partial charge >= 0.3 is 0 Å². The molecule has 162 valence electrons. The Morgan fingerprint density at radius 2 is 1.73 bits per heavy atom. The summed E-state index contributed by atoms with van der Waals surface area (Å²) in [5, 5.41) is 3.66. The molecule has 5 heteroatoms. The van der Waals surface area contributed by atoms with E-state index >= 15 is 0 Å². The number of hydrogen-bond donors (Lipinski definition) is 1.